The molecule has 6 rings (SSSR count). The molecule has 3 saturated carbocycles. The van der Waals surface area contributed by atoms with Gasteiger partial charge in [-0.1, -0.05) is 25.5 Å². The lowest BCUT2D eigenvalue weighted by Gasteiger charge is -2.58. The van der Waals surface area contributed by atoms with Gasteiger partial charge in [-0.15, -0.1) is 0 Å². The lowest BCUT2D eigenvalue weighted by molar-refractivity contribution is -0.170. The Bertz CT molecular complexity index is 1340. The molecule has 6 atom stereocenters. The first-order valence-electron chi connectivity index (χ1n) is 15.3. The maximum atomic E-state index is 13.4. The molecule has 1 aromatic rings. The highest BCUT2D eigenvalue weighted by Gasteiger charge is 2.66. The molecule has 1 aliphatic heterocycles. The van der Waals surface area contributed by atoms with Crippen LogP contribution in [0.25, 0.3) is 0 Å². The van der Waals surface area contributed by atoms with Crippen molar-refractivity contribution >= 4 is 23.4 Å². The fraction of sp³-hybridized carbons (Fsp3) is 0.636. The zero-order valence-electron chi connectivity index (χ0n) is 24.5. The second-order valence-electron chi connectivity index (χ2n) is 13.4. The lowest BCUT2D eigenvalue weighted by Crippen LogP contribution is -2.58. The van der Waals surface area contributed by atoms with Crippen molar-refractivity contribution in [1.82, 2.24) is 5.32 Å². The van der Waals surface area contributed by atoms with Crippen LogP contribution in [0.5, 0.6) is 11.5 Å². The predicted octanol–water partition coefficient (Wildman–Crippen LogP) is 4.19. The van der Waals surface area contributed by atoms with Gasteiger partial charge in [0.25, 0.3) is 0 Å². The summed E-state index contributed by atoms with van der Waals surface area (Å²) < 4.78 is 15.9. The minimum Gasteiger partial charge on any atom is -0.458 e. The van der Waals surface area contributed by atoms with Crippen molar-refractivity contribution in [3.8, 4) is 11.5 Å². The van der Waals surface area contributed by atoms with Crippen LogP contribution in [-0.4, -0.2) is 47.6 Å². The van der Waals surface area contributed by atoms with Gasteiger partial charge in [0.2, 0.25) is 18.5 Å². The Labute approximate surface area is 246 Å². The second-order valence-corrected chi connectivity index (χ2v) is 13.4. The van der Waals surface area contributed by atoms with E-state index in [-0.39, 0.29) is 49.2 Å². The minimum atomic E-state index is -1.54. The van der Waals surface area contributed by atoms with Gasteiger partial charge in [0.15, 0.2) is 23.9 Å². The number of benzene rings is 1. The number of allylic oxidation sites excluding steroid dienone is 1. The van der Waals surface area contributed by atoms with Crippen molar-refractivity contribution in [2.24, 2.45) is 28.6 Å². The van der Waals surface area contributed by atoms with Crippen molar-refractivity contribution in [3.05, 3.63) is 35.4 Å². The highest BCUT2D eigenvalue weighted by Crippen LogP contribution is 2.67. The van der Waals surface area contributed by atoms with Crippen LogP contribution >= 0.6 is 0 Å². The summed E-state index contributed by atoms with van der Waals surface area (Å²) in [6, 6.07) is 5.42. The molecular weight excluding hydrogens is 538 g/mol. The maximum absolute atomic E-state index is 13.4. The van der Waals surface area contributed by atoms with Crippen LogP contribution in [0.2, 0.25) is 0 Å². The van der Waals surface area contributed by atoms with E-state index in [2.05, 4.69) is 12.2 Å². The third kappa shape index (κ3) is 4.83. The van der Waals surface area contributed by atoms with Crippen molar-refractivity contribution in [2.75, 3.05) is 13.4 Å². The Kier molecular flexibility index (Phi) is 7.44. The van der Waals surface area contributed by atoms with Crippen LogP contribution in [0.4, 0.5) is 0 Å². The van der Waals surface area contributed by atoms with E-state index in [1.807, 2.05) is 19.1 Å². The first-order valence-corrected chi connectivity index (χ1v) is 15.3. The molecule has 9 nitrogen and oxygen atoms in total. The first kappa shape index (κ1) is 28.9. The number of rotatable bonds is 8. The number of nitrogens with one attached hydrogen (secondary N) is 1. The van der Waals surface area contributed by atoms with Gasteiger partial charge in [-0.2, -0.15) is 0 Å². The monoisotopic (exact) mass is 579 g/mol. The molecule has 226 valence electrons. The van der Waals surface area contributed by atoms with Crippen LogP contribution < -0.4 is 14.8 Å². The number of hydrogen-bond donors (Lipinski definition) is 2. The molecule has 5 aliphatic rings. The summed E-state index contributed by atoms with van der Waals surface area (Å²) in [6.45, 7) is 4.33. The number of carbonyl (C=O) groups is 4. The quantitative estimate of drug-likeness (QED) is 0.439. The normalized spacial score (nSPS) is 34.5. The molecule has 0 spiro atoms. The van der Waals surface area contributed by atoms with Crippen molar-refractivity contribution in [2.45, 2.75) is 90.2 Å². The number of hydrogen-bond acceptors (Lipinski definition) is 8. The molecule has 2 N–H and O–H groups in total. The van der Waals surface area contributed by atoms with E-state index in [1.165, 1.54) is 5.57 Å². The Morgan fingerprint density at radius 2 is 1.79 bits per heavy atom. The first-order chi connectivity index (χ1) is 20.0. The molecule has 9 heteroatoms. The molecule has 0 saturated heterocycles. The third-order valence-corrected chi connectivity index (χ3v) is 11.4. The van der Waals surface area contributed by atoms with Crippen molar-refractivity contribution in [1.29, 1.82) is 0 Å². The molecule has 0 radical (unpaired) electrons. The van der Waals surface area contributed by atoms with E-state index in [9.17, 15) is 24.3 Å². The van der Waals surface area contributed by atoms with Gasteiger partial charge in [0.05, 0.1) is 6.42 Å². The fourth-order valence-electron chi connectivity index (χ4n) is 8.93. The number of ether oxygens (including phenoxy) is 3. The van der Waals surface area contributed by atoms with Gasteiger partial charge in [-0.05, 0) is 91.9 Å². The van der Waals surface area contributed by atoms with E-state index < -0.39 is 29.4 Å². The Balaban J connectivity index is 0.998. The summed E-state index contributed by atoms with van der Waals surface area (Å²) in [7, 11) is 0. The largest absolute Gasteiger partial charge is 0.458 e. The van der Waals surface area contributed by atoms with Crippen molar-refractivity contribution < 1.29 is 38.5 Å². The Morgan fingerprint density at radius 1 is 1.00 bits per heavy atom. The van der Waals surface area contributed by atoms with Gasteiger partial charge in [-0.3, -0.25) is 19.2 Å². The van der Waals surface area contributed by atoms with Crippen LogP contribution in [0, 0.1) is 28.6 Å². The maximum Gasteiger partial charge on any atom is 0.306 e. The van der Waals surface area contributed by atoms with E-state index in [1.54, 1.807) is 12.1 Å². The molecule has 1 amide bonds. The summed E-state index contributed by atoms with van der Waals surface area (Å²) in [6.07, 6.45) is 7.83. The fourth-order valence-corrected chi connectivity index (χ4v) is 8.93. The average Bonchev–Trinajstić information content (AvgIpc) is 3.56. The van der Waals surface area contributed by atoms with E-state index >= 15 is 0 Å². The van der Waals surface area contributed by atoms with E-state index in [0.717, 1.165) is 44.1 Å². The van der Waals surface area contributed by atoms with Crippen LogP contribution in [-0.2, 0) is 30.5 Å². The topological polar surface area (TPSA) is 128 Å². The highest BCUT2D eigenvalue weighted by atomic mass is 16.7. The standard InChI is InChI=1S/C33H41NO8/c1-31-12-9-22(35)16-21(31)4-5-23-24(31)10-13-32(2)25(23)11-14-33(32,39)28(36)18-40-30(38)8-7-29(37)34-17-20-3-6-26-27(15-20)42-19-41-26/h3,6,15-16,23-25,39H,4-5,7-14,17-19H2,1-2H3,(H,34,37)/t23-,24-,25-,31+,32+,33+/m1/s1. The summed E-state index contributed by atoms with van der Waals surface area (Å²) in [5.41, 5.74) is 0.0505. The Morgan fingerprint density at radius 3 is 2.62 bits per heavy atom. The molecule has 0 aromatic heterocycles. The number of Topliss-reactive ketones (excluding diaryl/α,β-unsaturated/α-hetero) is 1. The molecule has 42 heavy (non-hydrogen) atoms. The number of fused-ring (bicyclic) bond motifs is 6. The summed E-state index contributed by atoms with van der Waals surface area (Å²) in [5.74, 6) is 1.21. The molecule has 0 bridgehead atoms. The number of carbonyl (C=O) groups excluding carboxylic acids is 4. The van der Waals surface area contributed by atoms with Gasteiger partial charge < -0.3 is 24.6 Å². The van der Waals surface area contributed by atoms with E-state index in [0.29, 0.717) is 36.2 Å². The smallest absolute Gasteiger partial charge is 0.306 e. The molecule has 1 aromatic carbocycles. The van der Waals surface area contributed by atoms with Crippen LogP contribution in [0.1, 0.15) is 83.6 Å². The summed E-state index contributed by atoms with van der Waals surface area (Å²) >= 11 is 0. The van der Waals surface area contributed by atoms with Gasteiger partial charge in [-0.25, -0.2) is 0 Å². The zero-order chi connectivity index (χ0) is 29.7. The molecule has 3 fully saturated rings. The Hall–Kier alpha value is -3.20. The number of ketones is 2. The number of amides is 1. The highest BCUT2D eigenvalue weighted by molar-refractivity contribution is 5.92. The molecule has 0 unspecified atom stereocenters. The second kappa shape index (κ2) is 10.8. The third-order valence-electron chi connectivity index (χ3n) is 11.4. The molecular formula is C33H41NO8. The van der Waals surface area contributed by atoms with Gasteiger partial charge in [0.1, 0.15) is 5.60 Å². The SMILES string of the molecule is C[C@]12CCC(=O)C=C1CC[C@@H]1[C@H]2CC[C@@]2(C)[C@@H]1CC[C@]2(O)C(=O)COC(=O)CCC(=O)NCc1ccc2c(c1)OCO2. The average molecular weight is 580 g/mol. The molecule has 1 heterocycles. The number of aliphatic hydroxyl groups is 1. The van der Waals surface area contributed by atoms with Crippen LogP contribution in [0.3, 0.4) is 0 Å². The lowest BCUT2D eigenvalue weighted by atomic mass is 9.46. The van der Waals surface area contributed by atoms with Gasteiger partial charge in [0, 0.05) is 24.8 Å². The van der Waals surface area contributed by atoms with E-state index in [4.69, 9.17) is 14.2 Å². The van der Waals surface area contributed by atoms with Crippen LogP contribution in [0.15, 0.2) is 29.8 Å². The molecule has 4 aliphatic carbocycles. The van der Waals surface area contributed by atoms with Gasteiger partial charge >= 0.3 is 5.97 Å². The number of esters is 1. The minimum absolute atomic E-state index is 0.0230. The predicted molar refractivity (Wildman–Crippen MR) is 151 cm³/mol. The summed E-state index contributed by atoms with van der Waals surface area (Å²) in [4.78, 5) is 50.2. The zero-order valence-corrected chi connectivity index (χ0v) is 24.5. The van der Waals surface area contributed by atoms with Crippen molar-refractivity contribution in [3.63, 3.8) is 0 Å². The summed E-state index contributed by atoms with van der Waals surface area (Å²) in [5, 5.41) is 14.6.